The van der Waals surface area contributed by atoms with Crippen LogP contribution in [0.3, 0.4) is 0 Å². The lowest BCUT2D eigenvalue weighted by Crippen LogP contribution is -2.00. The van der Waals surface area contributed by atoms with E-state index in [0.717, 1.165) is 30.7 Å². The number of halogens is 1. The summed E-state index contributed by atoms with van der Waals surface area (Å²) in [5.41, 5.74) is 3.80. The fourth-order valence-corrected chi connectivity index (χ4v) is 2.04. The molecule has 0 aliphatic carbocycles. The van der Waals surface area contributed by atoms with Crippen LogP contribution in [-0.2, 0) is 12.8 Å². The minimum Gasteiger partial charge on any atom is -0.250 e. The summed E-state index contributed by atoms with van der Waals surface area (Å²) >= 11 is 0. The van der Waals surface area contributed by atoms with Crippen molar-refractivity contribution < 1.29 is 4.39 Å². The Labute approximate surface area is 105 Å². The first-order valence-electron chi connectivity index (χ1n) is 6.72. The Kier molecular flexibility index (Phi) is 6.25. The van der Waals surface area contributed by atoms with Crippen molar-refractivity contribution in [1.29, 1.82) is 0 Å². The van der Waals surface area contributed by atoms with Crippen LogP contribution in [0.25, 0.3) is 0 Å². The number of hydrogen-bond donors (Lipinski definition) is 0. The van der Waals surface area contributed by atoms with Crippen molar-refractivity contribution >= 4 is 0 Å². The summed E-state index contributed by atoms with van der Waals surface area (Å²) in [6.07, 6.45) is 5.77. The van der Waals surface area contributed by atoms with Gasteiger partial charge in [-0.1, -0.05) is 51.8 Å². The molecule has 0 saturated carbocycles. The predicted octanol–water partition coefficient (Wildman–Crippen LogP) is 4.89. The number of unbranched alkanes of at least 4 members (excludes halogenated alkanes) is 1. The van der Waals surface area contributed by atoms with Crippen molar-refractivity contribution in [3.05, 3.63) is 40.8 Å². The first-order chi connectivity index (χ1) is 8.21. The lowest BCUT2D eigenvalue weighted by atomic mass is 9.94. The lowest BCUT2D eigenvalue weighted by molar-refractivity contribution is 0.516. The maximum absolute atomic E-state index is 12.7. The molecule has 1 aromatic carbocycles. The SMILES string of the molecule is CCCCc1cc(CCC)cc([C](C)CF)c1. The highest BCUT2D eigenvalue weighted by molar-refractivity contribution is 5.38. The van der Waals surface area contributed by atoms with E-state index >= 15 is 0 Å². The van der Waals surface area contributed by atoms with Crippen molar-refractivity contribution in [2.45, 2.75) is 52.9 Å². The van der Waals surface area contributed by atoms with E-state index in [0.29, 0.717) is 0 Å². The topological polar surface area (TPSA) is 0 Å². The van der Waals surface area contributed by atoms with Gasteiger partial charge in [-0.2, -0.15) is 0 Å². The maximum atomic E-state index is 12.7. The first kappa shape index (κ1) is 14.2. The second-order valence-corrected chi connectivity index (χ2v) is 4.81. The van der Waals surface area contributed by atoms with Crippen molar-refractivity contribution in [3.8, 4) is 0 Å². The average Bonchev–Trinajstić information content (AvgIpc) is 2.35. The monoisotopic (exact) mass is 235 g/mol. The number of alkyl halides is 1. The number of hydrogen-bond acceptors (Lipinski definition) is 0. The zero-order chi connectivity index (χ0) is 12.7. The number of aryl methyl sites for hydroxylation is 2. The molecule has 17 heavy (non-hydrogen) atoms. The Morgan fingerprint density at radius 1 is 1.00 bits per heavy atom. The molecule has 1 radical (unpaired) electrons. The van der Waals surface area contributed by atoms with Gasteiger partial charge in [0.15, 0.2) is 0 Å². The summed E-state index contributed by atoms with van der Waals surface area (Å²) in [5, 5.41) is 0. The minimum atomic E-state index is -0.344. The summed E-state index contributed by atoms with van der Waals surface area (Å²) < 4.78 is 12.7. The van der Waals surface area contributed by atoms with Gasteiger partial charge in [-0.3, -0.25) is 4.39 Å². The van der Waals surface area contributed by atoms with Gasteiger partial charge in [0.2, 0.25) is 0 Å². The second kappa shape index (κ2) is 7.47. The standard InChI is InChI=1S/C16H24F/c1-4-6-8-15-9-14(7-5-2)10-16(11-15)13(3)12-17/h9-11H,4-8,12H2,1-3H3. The van der Waals surface area contributed by atoms with E-state index in [9.17, 15) is 4.39 Å². The molecule has 1 aromatic rings. The van der Waals surface area contributed by atoms with E-state index in [-0.39, 0.29) is 6.67 Å². The van der Waals surface area contributed by atoms with Gasteiger partial charge in [-0.15, -0.1) is 0 Å². The van der Waals surface area contributed by atoms with E-state index in [1.165, 1.54) is 24.0 Å². The molecule has 0 aliphatic rings. The quantitative estimate of drug-likeness (QED) is 0.631. The van der Waals surface area contributed by atoms with Crippen LogP contribution in [0.4, 0.5) is 4.39 Å². The van der Waals surface area contributed by atoms with Gasteiger partial charge in [0.25, 0.3) is 0 Å². The molecule has 0 fully saturated rings. The van der Waals surface area contributed by atoms with E-state index in [1.54, 1.807) is 0 Å². The van der Waals surface area contributed by atoms with Crippen molar-refractivity contribution in [3.63, 3.8) is 0 Å². The minimum absolute atomic E-state index is 0.344. The Balaban J connectivity index is 2.91. The average molecular weight is 235 g/mol. The molecular formula is C16H24F. The largest absolute Gasteiger partial charge is 0.250 e. The van der Waals surface area contributed by atoms with Crippen LogP contribution in [-0.4, -0.2) is 6.67 Å². The highest BCUT2D eigenvalue weighted by Gasteiger charge is 2.08. The van der Waals surface area contributed by atoms with Gasteiger partial charge < -0.3 is 0 Å². The first-order valence-corrected chi connectivity index (χ1v) is 6.72. The molecule has 0 N–H and O–H groups in total. The highest BCUT2D eigenvalue weighted by Crippen LogP contribution is 2.21. The van der Waals surface area contributed by atoms with Crippen molar-refractivity contribution in [2.24, 2.45) is 0 Å². The van der Waals surface area contributed by atoms with Gasteiger partial charge in [0.1, 0.15) is 0 Å². The molecule has 1 rings (SSSR count). The van der Waals surface area contributed by atoms with Crippen LogP contribution >= 0.6 is 0 Å². The van der Waals surface area contributed by atoms with Gasteiger partial charge >= 0.3 is 0 Å². The molecule has 0 bridgehead atoms. The molecule has 0 aromatic heterocycles. The van der Waals surface area contributed by atoms with Gasteiger partial charge in [-0.25, -0.2) is 0 Å². The normalized spacial score (nSPS) is 11.1. The molecule has 0 heterocycles. The Morgan fingerprint density at radius 3 is 2.18 bits per heavy atom. The van der Waals surface area contributed by atoms with Crippen LogP contribution in [0.2, 0.25) is 0 Å². The molecule has 95 valence electrons. The zero-order valence-electron chi connectivity index (χ0n) is 11.4. The summed E-state index contributed by atoms with van der Waals surface area (Å²) in [5.74, 6) is 0.848. The van der Waals surface area contributed by atoms with Gasteiger partial charge in [-0.05, 0) is 36.0 Å². The van der Waals surface area contributed by atoms with Crippen LogP contribution in [0.5, 0.6) is 0 Å². The third-order valence-electron chi connectivity index (χ3n) is 3.10. The summed E-state index contributed by atoms with van der Waals surface area (Å²) in [4.78, 5) is 0. The van der Waals surface area contributed by atoms with Crippen LogP contribution in [0.1, 0.15) is 56.7 Å². The molecule has 0 atom stereocenters. The van der Waals surface area contributed by atoms with Crippen LogP contribution in [0, 0.1) is 5.92 Å². The zero-order valence-corrected chi connectivity index (χ0v) is 11.4. The summed E-state index contributed by atoms with van der Waals surface area (Å²) in [6.45, 7) is 5.93. The number of rotatable bonds is 7. The number of benzene rings is 1. The molecule has 0 saturated heterocycles. The van der Waals surface area contributed by atoms with E-state index in [2.05, 4.69) is 32.0 Å². The fourth-order valence-electron chi connectivity index (χ4n) is 2.04. The van der Waals surface area contributed by atoms with E-state index in [1.807, 2.05) is 6.92 Å². The van der Waals surface area contributed by atoms with Crippen molar-refractivity contribution in [1.82, 2.24) is 0 Å². The van der Waals surface area contributed by atoms with Gasteiger partial charge in [0.05, 0.1) is 6.67 Å². The molecule has 0 unspecified atom stereocenters. The lowest BCUT2D eigenvalue weighted by Gasteiger charge is -2.12. The second-order valence-electron chi connectivity index (χ2n) is 4.81. The van der Waals surface area contributed by atoms with Crippen molar-refractivity contribution in [2.75, 3.05) is 6.67 Å². The maximum Gasteiger partial charge on any atom is 0.0997 e. The highest BCUT2D eigenvalue weighted by atomic mass is 19.1. The molecular weight excluding hydrogens is 211 g/mol. The summed E-state index contributed by atoms with van der Waals surface area (Å²) in [6, 6.07) is 6.59. The molecule has 1 heteroatoms. The Bertz CT molecular complexity index is 330. The molecule has 0 amide bonds. The smallest absolute Gasteiger partial charge is 0.0997 e. The molecule has 0 aliphatic heterocycles. The molecule has 0 spiro atoms. The summed E-state index contributed by atoms with van der Waals surface area (Å²) in [7, 11) is 0. The van der Waals surface area contributed by atoms with Gasteiger partial charge in [0, 0.05) is 5.92 Å². The third kappa shape index (κ3) is 4.49. The fraction of sp³-hybridized carbons (Fsp3) is 0.562. The van der Waals surface area contributed by atoms with E-state index < -0.39 is 0 Å². The Morgan fingerprint density at radius 2 is 1.65 bits per heavy atom. The molecule has 0 nitrogen and oxygen atoms in total. The van der Waals surface area contributed by atoms with E-state index in [4.69, 9.17) is 0 Å². The van der Waals surface area contributed by atoms with Crippen LogP contribution in [0.15, 0.2) is 18.2 Å². The predicted molar refractivity (Wildman–Crippen MR) is 73.0 cm³/mol. The Hall–Kier alpha value is -0.850. The van der Waals surface area contributed by atoms with Crippen LogP contribution < -0.4 is 0 Å². The third-order valence-corrected chi connectivity index (χ3v) is 3.10.